The van der Waals surface area contributed by atoms with E-state index in [0.717, 1.165) is 5.69 Å². The van der Waals surface area contributed by atoms with Crippen LogP contribution in [0, 0.1) is 12.7 Å². The lowest BCUT2D eigenvalue weighted by molar-refractivity contribution is -0.121. The molecular weight excluding hydrogens is 427 g/mol. The number of nitrogens with zero attached hydrogens (tertiary/aromatic N) is 6. The van der Waals surface area contributed by atoms with Gasteiger partial charge in [0.05, 0.1) is 24.1 Å². The predicted octanol–water partition coefficient (Wildman–Crippen LogP) is 2.79. The Morgan fingerprint density at radius 1 is 1.24 bits per heavy atom. The van der Waals surface area contributed by atoms with E-state index in [1.807, 2.05) is 6.92 Å². The molecule has 0 fully saturated rings. The van der Waals surface area contributed by atoms with Gasteiger partial charge >= 0.3 is 0 Å². The van der Waals surface area contributed by atoms with Gasteiger partial charge in [0.2, 0.25) is 0 Å². The average Bonchev–Trinajstić information content (AvgIpc) is 3.08. The number of amides is 1. The van der Waals surface area contributed by atoms with Crippen molar-refractivity contribution in [3.05, 3.63) is 66.1 Å². The molecule has 0 atom stereocenters. The van der Waals surface area contributed by atoms with Crippen LogP contribution in [0.25, 0.3) is 16.8 Å². The molecule has 0 saturated heterocycles. The second-order valence-corrected chi connectivity index (χ2v) is 8.37. The summed E-state index contributed by atoms with van der Waals surface area (Å²) in [7, 11) is 0. The maximum absolute atomic E-state index is 15.0. The van der Waals surface area contributed by atoms with Crippen LogP contribution in [0.15, 0.2) is 43.1 Å². The quantitative estimate of drug-likeness (QED) is 0.512. The van der Waals surface area contributed by atoms with Gasteiger partial charge in [0, 0.05) is 48.0 Å². The summed E-state index contributed by atoms with van der Waals surface area (Å²) in [5, 5.41) is 10.1. The third kappa shape index (κ3) is 3.68. The highest BCUT2D eigenvalue weighted by Gasteiger charge is 2.28. The van der Waals surface area contributed by atoms with Crippen LogP contribution in [0.3, 0.4) is 0 Å². The van der Waals surface area contributed by atoms with Crippen LogP contribution in [-0.4, -0.2) is 42.0 Å². The first kappa shape index (κ1) is 21.0. The Bertz CT molecular complexity index is 1380. The summed E-state index contributed by atoms with van der Waals surface area (Å²) in [5.41, 5.74) is 1.92. The molecule has 0 radical (unpaired) electrons. The third-order valence-corrected chi connectivity index (χ3v) is 5.53. The number of hydrogen-bond donors (Lipinski definition) is 1. The fourth-order valence-corrected chi connectivity index (χ4v) is 3.79. The number of halogens is 1. The van der Waals surface area contributed by atoms with Crippen LogP contribution in [0.1, 0.15) is 31.1 Å². The summed E-state index contributed by atoms with van der Waals surface area (Å²) >= 11 is 0. The zero-order valence-corrected chi connectivity index (χ0v) is 18.3. The minimum Gasteiger partial charge on any atom is -0.481 e. The van der Waals surface area contributed by atoms with E-state index in [0.29, 0.717) is 28.3 Å². The van der Waals surface area contributed by atoms with E-state index in [4.69, 9.17) is 4.74 Å². The number of imidazole rings is 1. The molecule has 10 heteroatoms. The summed E-state index contributed by atoms with van der Waals surface area (Å²) in [4.78, 5) is 31.2. The van der Waals surface area contributed by atoms with E-state index in [9.17, 15) is 14.3 Å². The topological polar surface area (TPSA) is 106 Å². The second kappa shape index (κ2) is 7.59. The van der Waals surface area contributed by atoms with Crippen molar-refractivity contribution in [1.29, 1.82) is 0 Å². The molecule has 5 heterocycles. The standard InChI is InChI=1S/C23H21FN6O3/c1-13-18(11-30-17-9-25-5-4-19(17)33-12-21(30)31)29-10-15(16(24)6-20(29)28-13)14-7-26-22(27-8-14)23(2,3)32/h4-10,32H,11-12H2,1-3H3. The van der Waals surface area contributed by atoms with E-state index in [1.165, 1.54) is 18.5 Å². The minimum atomic E-state index is -1.20. The van der Waals surface area contributed by atoms with Crippen molar-refractivity contribution in [2.75, 3.05) is 11.5 Å². The van der Waals surface area contributed by atoms with Crippen LogP contribution in [0.4, 0.5) is 10.1 Å². The number of rotatable bonds is 4. The fourth-order valence-electron chi connectivity index (χ4n) is 3.79. The molecule has 1 aliphatic rings. The van der Waals surface area contributed by atoms with E-state index < -0.39 is 11.4 Å². The van der Waals surface area contributed by atoms with Gasteiger partial charge in [0.15, 0.2) is 12.4 Å². The smallest absolute Gasteiger partial charge is 0.265 e. The predicted molar refractivity (Wildman–Crippen MR) is 117 cm³/mol. The Morgan fingerprint density at radius 3 is 2.73 bits per heavy atom. The first-order valence-electron chi connectivity index (χ1n) is 10.3. The molecule has 5 rings (SSSR count). The number of carbonyl (C=O) groups excluding carboxylic acids is 1. The maximum Gasteiger partial charge on any atom is 0.265 e. The molecule has 0 aromatic carbocycles. The molecule has 4 aromatic rings. The molecule has 1 N–H and O–H groups in total. The van der Waals surface area contributed by atoms with Crippen molar-refractivity contribution in [2.45, 2.75) is 32.9 Å². The highest BCUT2D eigenvalue weighted by molar-refractivity contribution is 5.97. The van der Waals surface area contributed by atoms with E-state index in [2.05, 4.69) is 19.9 Å². The van der Waals surface area contributed by atoms with Crippen LogP contribution in [-0.2, 0) is 16.9 Å². The first-order valence-corrected chi connectivity index (χ1v) is 10.3. The van der Waals surface area contributed by atoms with Crippen molar-refractivity contribution in [1.82, 2.24) is 24.3 Å². The fraction of sp³-hybridized carbons (Fsp3) is 0.261. The lowest BCUT2D eigenvalue weighted by Crippen LogP contribution is -2.38. The molecule has 1 amide bonds. The number of pyridine rings is 2. The summed E-state index contributed by atoms with van der Waals surface area (Å²) < 4.78 is 22.2. The van der Waals surface area contributed by atoms with Crippen LogP contribution >= 0.6 is 0 Å². The van der Waals surface area contributed by atoms with Gasteiger partial charge in [-0.25, -0.2) is 19.3 Å². The summed E-state index contributed by atoms with van der Waals surface area (Å²) in [6.45, 7) is 5.12. The number of hydrogen-bond acceptors (Lipinski definition) is 7. The van der Waals surface area contributed by atoms with Crippen molar-refractivity contribution in [2.24, 2.45) is 0 Å². The molecule has 9 nitrogen and oxygen atoms in total. The van der Waals surface area contributed by atoms with Crippen LogP contribution in [0.5, 0.6) is 5.75 Å². The van der Waals surface area contributed by atoms with Gasteiger partial charge in [-0.2, -0.15) is 0 Å². The molecule has 1 aliphatic heterocycles. The van der Waals surface area contributed by atoms with Crippen LogP contribution in [0.2, 0.25) is 0 Å². The molecule has 0 unspecified atom stereocenters. The second-order valence-electron chi connectivity index (χ2n) is 8.37. The first-order chi connectivity index (χ1) is 15.7. The summed E-state index contributed by atoms with van der Waals surface area (Å²) in [5.74, 6) is 0.135. The van der Waals surface area contributed by atoms with E-state index in [-0.39, 0.29) is 30.4 Å². The zero-order chi connectivity index (χ0) is 23.3. The molecule has 0 spiro atoms. The Hall–Kier alpha value is -3.92. The average molecular weight is 448 g/mol. The normalized spacial score (nSPS) is 13.8. The highest BCUT2D eigenvalue weighted by Crippen LogP contribution is 2.33. The van der Waals surface area contributed by atoms with Gasteiger partial charge in [-0.3, -0.25) is 14.7 Å². The minimum absolute atomic E-state index is 0.0719. The number of carbonyl (C=O) groups is 1. The molecule has 0 saturated carbocycles. The monoisotopic (exact) mass is 448 g/mol. The lowest BCUT2D eigenvalue weighted by atomic mass is 10.1. The third-order valence-electron chi connectivity index (χ3n) is 5.53. The maximum atomic E-state index is 15.0. The van der Waals surface area contributed by atoms with Gasteiger partial charge in [-0.15, -0.1) is 0 Å². The molecule has 0 bridgehead atoms. The largest absolute Gasteiger partial charge is 0.481 e. The number of aromatic nitrogens is 5. The molecular formula is C23H21FN6O3. The molecule has 4 aromatic heterocycles. The number of fused-ring (bicyclic) bond motifs is 2. The van der Waals surface area contributed by atoms with Crippen molar-refractivity contribution >= 4 is 17.2 Å². The van der Waals surface area contributed by atoms with Crippen molar-refractivity contribution in [3.8, 4) is 16.9 Å². The SMILES string of the molecule is Cc1nc2cc(F)c(-c3cnc(C(C)(C)O)nc3)cn2c1CN1C(=O)COc2ccncc21. The Labute approximate surface area is 188 Å². The number of aryl methyl sites for hydroxylation is 1. The Morgan fingerprint density at radius 2 is 2.00 bits per heavy atom. The number of ether oxygens (including phenoxy) is 1. The molecule has 0 aliphatic carbocycles. The van der Waals surface area contributed by atoms with Gasteiger partial charge < -0.3 is 14.2 Å². The Kier molecular flexibility index (Phi) is 4.82. The van der Waals surface area contributed by atoms with E-state index in [1.54, 1.807) is 47.8 Å². The lowest BCUT2D eigenvalue weighted by Gasteiger charge is -2.28. The van der Waals surface area contributed by atoms with Crippen LogP contribution < -0.4 is 9.64 Å². The molecule has 33 heavy (non-hydrogen) atoms. The van der Waals surface area contributed by atoms with Gasteiger partial charge in [0.1, 0.15) is 28.5 Å². The summed E-state index contributed by atoms with van der Waals surface area (Å²) in [6.07, 6.45) is 7.75. The molecule has 168 valence electrons. The number of aliphatic hydroxyl groups is 1. The van der Waals surface area contributed by atoms with Crippen molar-refractivity contribution < 1.29 is 19.0 Å². The van der Waals surface area contributed by atoms with Gasteiger partial charge in [-0.05, 0) is 20.8 Å². The van der Waals surface area contributed by atoms with Gasteiger partial charge in [0.25, 0.3) is 5.91 Å². The number of anilines is 1. The van der Waals surface area contributed by atoms with Crippen molar-refractivity contribution in [3.63, 3.8) is 0 Å². The van der Waals surface area contributed by atoms with Gasteiger partial charge in [-0.1, -0.05) is 0 Å². The summed E-state index contributed by atoms with van der Waals surface area (Å²) in [6, 6.07) is 3.05. The Balaban J connectivity index is 1.57. The van der Waals surface area contributed by atoms with E-state index >= 15 is 0 Å². The zero-order valence-electron chi connectivity index (χ0n) is 18.3. The highest BCUT2D eigenvalue weighted by atomic mass is 19.1.